The average molecular weight is 291 g/mol. The van der Waals surface area contributed by atoms with E-state index >= 15 is 0 Å². The zero-order chi connectivity index (χ0) is 13.9. The predicted molar refractivity (Wildman–Crippen MR) is 80.9 cm³/mol. The Balaban J connectivity index is 1.74. The van der Waals surface area contributed by atoms with Crippen molar-refractivity contribution in [2.24, 2.45) is 0 Å². The lowest BCUT2D eigenvalue weighted by Gasteiger charge is -2.30. The Morgan fingerprint density at radius 3 is 2.80 bits per heavy atom. The molecule has 0 radical (unpaired) electrons. The van der Waals surface area contributed by atoms with Crippen molar-refractivity contribution >= 4 is 11.6 Å². The van der Waals surface area contributed by atoms with Crippen molar-refractivity contribution in [3.8, 4) is 11.3 Å². The zero-order valence-electron chi connectivity index (χ0n) is 11.7. The fourth-order valence-corrected chi connectivity index (χ4v) is 2.93. The number of aromatic nitrogens is 3. The summed E-state index contributed by atoms with van der Waals surface area (Å²) in [7, 11) is 0. The van der Waals surface area contributed by atoms with Gasteiger partial charge in [-0.2, -0.15) is 0 Å². The molecule has 0 N–H and O–H groups in total. The first-order valence-corrected chi connectivity index (χ1v) is 7.54. The van der Waals surface area contributed by atoms with Crippen LogP contribution in [0.5, 0.6) is 0 Å². The van der Waals surface area contributed by atoms with Crippen LogP contribution < -0.4 is 0 Å². The number of benzene rings is 1. The molecule has 5 heteroatoms. The molecule has 2 heterocycles. The average Bonchev–Trinajstić information content (AvgIpc) is 2.97. The number of hydrogen-bond donors (Lipinski definition) is 0. The molecule has 1 aliphatic rings. The number of rotatable bonds is 3. The summed E-state index contributed by atoms with van der Waals surface area (Å²) < 4.78 is 2.02. The van der Waals surface area contributed by atoms with Gasteiger partial charge in [0.25, 0.3) is 0 Å². The molecule has 2 aromatic rings. The van der Waals surface area contributed by atoms with Gasteiger partial charge < -0.3 is 4.90 Å². The molecule has 1 aromatic heterocycles. The van der Waals surface area contributed by atoms with Gasteiger partial charge in [-0.05, 0) is 31.5 Å². The minimum Gasteiger partial charge on any atom is -0.303 e. The fourth-order valence-electron chi connectivity index (χ4n) is 2.74. The summed E-state index contributed by atoms with van der Waals surface area (Å²) in [5, 5.41) is 9.31. The first-order chi connectivity index (χ1) is 9.76. The van der Waals surface area contributed by atoms with E-state index < -0.39 is 0 Å². The van der Waals surface area contributed by atoms with Crippen molar-refractivity contribution in [3.63, 3.8) is 0 Å². The smallest absolute Gasteiger partial charge is 0.113 e. The monoisotopic (exact) mass is 290 g/mol. The highest BCUT2D eigenvalue weighted by Crippen LogP contribution is 2.25. The van der Waals surface area contributed by atoms with Crippen LogP contribution in [0.4, 0.5) is 0 Å². The van der Waals surface area contributed by atoms with E-state index in [1.165, 1.54) is 0 Å². The maximum Gasteiger partial charge on any atom is 0.113 e. The molecule has 0 aliphatic carbocycles. The standard InChI is InChI=1S/C15H19ClN4/c1-2-19-8-6-14(7-9-19)20-11-15(17-18-20)12-4-3-5-13(16)10-12/h3-5,10-11,14H,2,6-9H2,1H3. The molecule has 106 valence electrons. The van der Waals surface area contributed by atoms with Crippen molar-refractivity contribution in [3.05, 3.63) is 35.5 Å². The first kappa shape index (κ1) is 13.6. The lowest BCUT2D eigenvalue weighted by atomic mass is 10.1. The van der Waals surface area contributed by atoms with Gasteiger partial charge in [-0.25, -0.2) is 4.68 Å². The van der Waals surface area contributed by atoms with Crippen LogP contribution in [0.1, 0.15) is 25.8 Å². The van der Waals surface area contributed by atoms with E-state index in [0.29, 0.717) is 6.04 Å². The summed E-state index contributed by atoms with van der Waals surface area (Å²) in [6, 6.07) is 8.22. The van der Waals surface area contributed by atoms with Gasteiger partial charge in [0.2, 0.25) is 0 Å². The second kappa shape index (κ2) is 5.94. The summed E-state index contributed by atoms with van der Waals surface area (Å²) in [5.74, 6) is 0. The Hall–Kier alpha value is -1.39. The molecule has 1 saturated heterocycles. The van der Waals surface area contributed by atoms with Crippen molar-refractivity contribution in [1.82, 2.24) is 19.9 Å². The molecular formula is C15H19ClN4. The Morgan fingerprint density at radius 1 is 1.30 bits per heavy atom. The highest BCUT2D eigenvalue weighted by molar-refractivity contribution is 6.30. The number of nitrogens with zero attached hydrogens (tertiary/aromatic N) is 4. The Kier molecular flexibility index (Phi) is 4.03. The molecule has 4 nitrogen and oxygen atoms in total. The molecule has 1 fully saturated rings. The van der Waals surface area contributed by atoms with Crippen LogP contribution in [0.25, 0.3) is 11.3 Å². The van der Waals surface area contributed by atoms with Crippen LogP contribution in [-0.2, 0) is 0 Å². The molecule has 0 amide bonds. The van der Waals surface area contributed by atoms with E-state index in [1.807, 2.05) is 35.1 Å². The highest BCUT2D eigenvalue weighted by atomic mass is 35.5. The molecule has 3 rings (SSSR count). The molecule has 1 aliphatic heterocycles. The van der Waals surface area contributed by atoms with Crippen LogP contribution in [-0.4, -0.2) is 39.5 Å². The molecule has 0 atom stereocenters. The molecular weight excluding hydrogens is 272 g/mol. The molecule has 1 aromatic carbocycles. The van der Waals surface area contributed by atoms with Crippen molar-refractivity contribution in [2.75, 3.05) is 19.6 Å². The largest absolute Gasteiger partial charge is 0.303 e. The highest BCUT2D eigenvalue weighted by Gasteiger charge is 2.20. The minimum atomic E-state index is 0.471. The molecule has 0 spiro atoms. The molecule has 0 saturated carbocycles. The second-order valence-electron chi connectivity index (χ2n) is 5.26. The fraction of sp³-hybridized carbons (Fsp3) is 0.467. The van der Waals surface area contributed by atoms with Gasteiger partial charge in [-0.15, -0.1) is 5.10 Å². The van der Waals surface area contributed by atoms with Gasteiger partial charge in [0, 0.05) is 23.7 Å². The normalized spacial score (nSPS) is 17.5. The Morgan fingerprint density at radius 2 is 2.10 bits per heavy atom. The van der Waals surface area contributed by atoms with Gasteiger partial charge in [0.15, 0.2) is 0 Å². The van der Waals surface area contributed by atoms with Crippen molar-refractivity contribution < 1.29 is 0 Å². The summed E-state index contributed by atoms with van der Waals surface area (Å²) in [6.07, 6.45) is 4.33. The molecule has 0 bridgehead atoms. The van der Waals surface area contributed by atoms with Crippen LogP contribution in [0.3, 0.4) is 0 Å². The van der Waals surface area contributed by atoms with Crippen LogP contribution >= 0.6 is 11.6 Å². The van der Waals surface area contributed by atoms with Crippen LogP contribution in [0.15, 0.2) is 30.5 Å². The Labute approximate surface area is 124 Å². The molecule has 0 unspecified atom stereocenters. The van der Waals surface area contributed by atoms with E-state index in [4.69, 9.17) is 11.6 Å². The van der Waals surface area contributed by atoms with E-state index in [-0.39, 0.29) is 0 Å². The third-order valence-electron chi connectivity index (χ3n) is 4.01. The minimum absolute atomic E-state index is 0.471. The van der Waals surface area contributed by atoms with Gasteiger partial charge in [0.1, 0.15) is 5.69 Å². The van der Waals surface area contributed by atoms with Crippen molar-refractivity contribution in [1.29, 1.82) is 0 Å². The second-order valence-corrected chi connectivity index (χ2v) is 5.70. The maximum absolute atomic E-state index is 6.02. The zero-order valence-corrected chi connectivity index (χ0v) is 12.4. The lowest BCUT2D eigenvalue weighted by molar-refractivity contribution is 0.186. The van der Waals surface area contributed by atoms with Crippen LogP contribution in [0.2, 0.25) is 5.02 Å². The first-order valence-electron chi connectivity index (χ1n) is 7.16. The van der Waals surface area contributed by atoms with Gasteiger partial charge in [-0.3, -0.25) is 0 Å². The molecule has 20 heavy (non-hydrogen) atoms. The van der Waals surface area contributed by atoms with Gasteiger partial charge >= 0.3 is 0 Å². The van der Waals surface area contributed by atoms with E-state index in [1.54, 1.807) is 0 Å². The number of hydrogen-bond acceptors (Lipinski definition) is 3. The van der Waals surface area contributed by atoms with Crippen molar-refractivity contribution in [2.45, 2.75) is 25.8 Å². The summed E-state index contributed by atoms with van der Waals surface area (Å²) in [4.78, 5) is 2.48. The third kappa shape index (κ3) is 2.86. The Bertz CT molecular complexity index is 573. The maximum atomic E-state index is 6.02. The van der Waals surface area contributed by atoms with E-state index in [0.717, 1.165) is 48.8 Å². The summed E-state index contributed by atoms with van der Waals surface area (Å²) in [5.41, 5.74) is 1.92. The number of piperidine rings is 1. The number of halogens is 1. The summed E-state index contributed by atoms with van der Waals surface area (Å²) in [6.45, 7) is 5.64. The van der Waals surface area contributed by atoms with Crippen LogP contribution in [0, 0.1) is 0 Å². The quantitative estimate of drug-likeness (QED) is 0.870. The van der Waals surface area contributed by atoms with Gasteiger partial charge in [0.05, 0.1) is 12.2 Å². The summed E-state index contributed by atoms with van der Waals surface area (Å²) >= 11 is 6.02. The van der Waals surface area contributed by atoms with Gasteiger partial charge in [-0.1, -0.05) is 35.9 Å². The van der Waals surface area contributed by atoms with E-state index in [9.17, 15) is 0 Å². The topological polar surface area (TPSA) is 34.0 Å². The predicted octanol–water partition coefficient (Wildman–Crippen LogP) is 3.26. The lowest BCUT2D eigenvalue weighted by Crippen LogP contribution is -2.34. The van der Waals surface area contributed by atoms with E-state index in [2.05, 4.69) is 22.1 Å². The third-order valence-corrected chi connectivity index (χ3v) is 4.24. The SMILES string of the molecule is CCN1CCC(n2cc(-c3cccc(Cl)c3)nn2)CC1. The number of likely N-dealkylation sites (tertiary alicyclic amines) is 1.